The topological polar surface area (TPSA) is 52.9 Å². The molecule has 0 atom stereocenters. The molecule has 0 amide bonds. The SMILES string of the molecule is COc1ccc(B(O)O)cc1CN(C)Cc1ccc(Cl)s1. The molecule has 0 aliphatic rings. The van der Waals surface area contributed by atoms with Crippen LogP contribution in [0.1, 0.15) is 10.4 Å². The molecule has 21 heavy (non-hydrogen) atoms. The van der Waals surface area contributed by atoms with Gasteiger partial charge < -0.3 is 14.8 Å². The highest BCUT2D eigenvalue weighted by Crippen LogP contribution is 2.24. The van der Waals surface area contributed by atoms with Crippen LogP contribution in [0.5, 0.6) is 5.75 Å². The van der Waals surface area contributed by atoms with Gasteiger partial charge in [0, 0.05) is 23.5 Å². The molecule has 0 saturated heterocycles. The molecule has 0 fully saturated rings. The highest BCUT2D eigenvalue weighted by molar-refractivity contribution is 7.16. The van der Waals surface area contributed by atoms with Gasteiger partial charge in [-0.05, 0) is 30.7 Å². The standard InChI is InChI=1S/C14H17BClNO3S/c1-17(9-12-4-6-14(16)21-12)8-10-7-11(15(18)19)3-5-13(10)20-2/h3-7,18-19H,8-9H2,1-2H3. The van der Waals surface area contributed by atoms with Crippen molar-refractivity contribution in [1.29, 1.82) is 0 Å². The summed E-state index contributed by atoms with van der Waals surface area (Å²) in [5.74, 6) is 0.732. The summed E-state index contributed by atoms with van der Waals surface area (Å²) >= 11 is 7.49. The van der Waals surface area contributed by atoms with Crippen LogP contribution in [0.3, 0.4) is 0 Å². The van der Waals surface area contributed by atoms with E-state index in [4.69, 9.17) is 16.3 Å². The van der Waals surface area contributed by atoms with Crippen LogP contribution in [-0.4, -0.2) is 36.2 Å². The summed E-state index contributed by atoms with van der Waals surface area (Å²) in [7, 11) is 2.12. The minimum Gasteiger partial charge on any atom is -0.496 e. The molecule has 2 N–H and O–H groups in total. The number of ether oxygens (including phenoxy) is 1. The molecular weight excluding hydrogens is 308 g/mol. The second-order valence-corrected chi connectivity index (χ2v) is 6.62. The number of thiophene rings is 1. The van der Waals surface area contributed by atoms with Gasteiger partial charge >= 0.3 is 7.12 Å². The average molecular weight is 326 g/mol. The molecule has 0 saturated carbocycles. The maximum Gasteiger partial charge on any atom is 0.488 e. The highest BCUT2D eigenvalue weighted by atomic mass is 35.5. The lowest BCUT2D eigenvalue weighted by Crippen LogP contribution is -2.30. The van der Waals surface area contributed by atoms with Crippen LogP contribution >= 0.6 is 22.9 Å². The van der Waals surface area contributed by atoms with Crippen LogP contribution in [-0.2, 0) is 13.1 Å². The second-order valence-electron chi connectivity index (χ2n) is 4.82. The van der Waals surface area contributed by atoms with Crippen LogP contribution in [0.4, 0.5) is 0 Å². The van der Waals surface area contributed by atoms with E-state index in [1.54, 1.807) is 36.6 Å². The van der Waals surface area contributed by atoms with Crippen LogP contribution < -0.4 is 10.2 Å². The lowest BCUT2D eigenvalue weighted by atomic mass is 9.79. The predicted molar refractivity (Wildman–Crippen MR) is 87.3 cm³/mol. The molecule has 2 aromatic rings. The third-order valence-electron chi connectivity index (χ3n) is 3.10. The number of methoxy groups -OCH3 is 1. The van der Waals surface area contributed by atoms with Gasteiger partial charge in [-0.15, -0.1) is 11.3 Å². The molecule has 2 rings (SSSR count). The number of hydrogen-bond acceptors (Lipinski definition) is 5. The fourth-order valence-corrected chi connectivity index (χ4v) is 3.30. The average Bonchev–Trinajstić information content (AvgIpc) is 2.83. The van der Waals surface area contributed by atoms with Crippen molar-refractivity contribution in [3.63, 3.8) is 0 Å². The third-order valence-corrected chi connectivity index (χ3v) is 4.31. The third kappa shape index (κ3) is 4.46. The van der Waals surface area contributed by atoms with E-state index in [1.165, 1.54) is 4.88 Å². The monoisotopic (exact) mass is 325 g/mol. The summed E-state index contributed by atoms with van der Waals surface area (Å²) in [6.07, 6.45) is 0. The summed E-state index contributed by atoms with van der Waals surface area (Å²) in [5.41, 5.74) is 1.37. The molecule has 1 aromatic carbocycles. The van der Waals surface area contributed by atoms with E-state index in [1.807, 2.05) is 19.2 Å². The molecule has 7 heteroatoms. The first kappa shape index (κ1) is 16.3. The number of nitrogens with zero attached hydrogens (tertiary/aromatic N) is 1. The maximum absolute atomic E-state index is 9.27. The van der Waals surface area contributed by atoms with Crippen LogP contribution in [0.25, 0.3) is 0 Å². The van der Waals surface area contributed by atoms with Gasteiger partial charge in [-0.1, -0.05) is 23.7 Å². The minimum absolute atomic E-state index is 0.457. The van der Waals surface area contributed by atoms with E-state index >= 15 is 0 Å². The van der Waals surface area contributed by atoms with Gasteiger partial charge in [-0.2, -0.15) is 0 Å². The van der Waals surface area contributed by atoms with Crippen molar-refractivity contribution in [3.8, 4) is 5.75 Å². The van der Waals surface area contributed by atoms with Crippen LogP contribution in [0.15, 0.2) is 30.3 Å². The van der Waals surface area contributed by atoms with Gasteiger partial charge in [0.1, 0.15) is 5.75 Å². The zero-order chi connectivity index (χ0) is 15.4. The summed E-state index contributed by atoms with van der Waals surface area (Å²) in [5, 5.41) is 18.5. The van der Waals surface area contributed by atoms with E-state index in [-0.39, 0.29) is 0 Å². The molecule has 0 bridgehead atoms. The first-order chi connectivity index (χ1) is 9.99. The molecule has 1 aromatic heterocycles. The molecule has 0 unspecified atom stereocenters. The Balaban J connectivity index is 2.11. The molecule has 1 heterocycles. The summed E-state index contributed by atoms with van der Waals surface area (Å²) in [4.78, 5) is 3.30. The van der Waals surface area contributed by atoms with Gasteiger partial charge in [-0.3, -0.25) is 4.90 Å². The molecule has 0 radical (unpaired) electrons. The first-order valence-corrected chi connectivity index (χ1v) is 7.64. The molecule has 112 valence electrons. The van der Waals surface area contributed by atoms with Crippen molar-refractivity contribution >= 4 is 35.5 Å². The summed E-state index contributed by atoms with van der Waals surface area (Å²) in [6, 6.07) is 9.04. The zero-order valence-electron chi connectivity index (χ0n) is 11.9. The Morgan fingerprint density at radius 3 is 2.57 bits per heavy atom. The fourth-order valence-electron chi connectivity index (χ4n) is 2.13. The Morgan fingerprint density at radius 1 is 1.24 bits per heavy atom. The van der Waals surface area contributed by atoms with Gasteiger partial charge in [0.15, 0.2) is 0 Å². The highest BCUT2D eigenvalue weighted by Gasteiger charge is 2.15. The van der Waals surface area contributed by atoms with Gasteiger partial charge in [0.2, 0.25) is 0 Å². The first-order valence-electron chi connectivity index (χ1n) is 6.45. The normalized spacial score (nSPS) is 11.0. The molecule has 0 spiro atoms. The number of rotatable bonds is 6. The number of hydrogen-bond donors (Lipinski definition) is 2. The van der Waals surface area contributed by atoms with Crippen molar-refractivity contribution < 1.29 is 14.8 Å². The van der Waals surface area contributed by atoms with Crippen molar-refractivity contribution in [1.82, 2.24) is 4.90 Å². The Morgan fingerprint density at radius 2 is 2.00 bits per heavy atom. The smallest absolute Gasteiger partial charge is 0.488 e. The number of halogens is 1. The quantitative estimate of drug-likeness (QED) is 0.794. The summed E-state index contributed by atoms with van der Waals surface area (Å²) in [6.45, 7) is 1.41. The van der Waals surface area contributed by atoms with E-state index in [0.717, 1.165) is 22.2 Å². The van der Waals surface area contributed by atoms with Gasteiger partial charge in [-0.25, -0.2) is 0 Å². The Hall–Kier alpha value is -1.05. The van der Waals surface area contributed by atoms with Crippen molar-refractivity contribution in [3.05, 3.63) is 45.1 Å². The predicted octanol–water partition coefficient (Wildman–Crippen LogP) is 1.72. The lowest BCUT2D eigenvalue weighted by Gasteiger charge is -2.18. The maximum atomic E-state index is 9.27. The van der Waals surface area contributed by atoms with E-state index in [9.17, 15) is 10.0 Å². The van der Waals surface area contributed by atoms with E-state index in [0.29, 0.717) is 12.0 Å². The minimum atomic E-state index is -1.48. The van der Waals surface area contributed by atoms with Crippen LogP contribution in [0, 0.1) is 0 Å². The fraction of sp³-hybridized carbons (Fsp3) is 0.286. The summed E-state index contributed by atoms with van der Waals surface area (Å²) < 4.78 is 6.11. The lowest BCUT2D eigenvalue weighted by molar-refractivity contribution is 0.312. The largest absolute Gasteiger partial charge is 0.496 e. The molecule has 4 nitrogen and oxygen atoms in total. The second kappa shape index (κ2) is 7.29. The van der Waals surface area contributed by atoms with Gasteiger partial charge in [0.05, 0.1) is 11.4 Å². The molecular formula is C14H17BClNO3S. The number of benzene rings is 1. The van der Waals surface area contributed by atoms with E-state index in [2.05, 4.69) is 4.90 Å². The Bertz CT molecular complexity index is 606. The Labute approximate surface area is 133 Å². The van der Waals surface area contributed by atoms with Crippen molar-refractivity contribution in [2.75, 3.05) is 14.2 Å². The zero-order valence-corrected chi connectivity index (χ0v) is 13.5. The molecule has 0 aliphatic carbocycles. The Kier molecular flexibility index (Phi) is 5.67. The molecule has 0 aliphatic heterocycles. The van der Waals surface area contributed by atoms with Gasteiger partial charge in [0.25, 0.3) is 0 Å². The van der Waals surface area contributed by atoms with E-state index < -0.39 is 7.12 Å². The van der Waals surface area contributed by atoms with Crippen LogP contribution in [0.2, 0.25) is 4.34 Å². The van der Waals surface area contributed by atoms with Crippen molar-refractivity contribution in [2.45, 2.75) is 13.1 Å². The van der Waals surface area contributed by atoms with Crippen molar-refractivity contribution in [2.24, 2.45) is 0 Å².